The molecule has 132 valence electrons. The lowest BCUT2D eigenvalue weighted by Gasteiger charge is -2.35. The quantitative estimate of drug-likeness (QED) is 0.858. The van der Waals surface area contributed by atoms with Gasteiger partial charge in [-0.3, -0.25) is 9.69 Å². The minimum atomic E-state index is -0.122. The van der Waals surface area contributed by atoms with Crippen molar-refractivity contribution in [2.75, 3.05) is 40.0 Å². The fourth-order valence-corrected chi connectivity index (χ4v) is 3.40. The van der Waals surface area contributed by atoms with E-state index in [2.05, 4.69) is 10.2 Å². The fraction of sp³-hybridized carbons (Fsp3) is 0.611. The van der Waals surface area contributed by atoms with E-state index in [1.54, 1.807) is 25.3 Å². The summed E-state index contributed by atoms with van der Waals surface area (Å²) in [6, 6.07) is 5.80. The molecule has 1 aromatic carbocycles. The second kappa shape index (κ2) is 7.85. The number of nitrogens with one attached hydrogen (secondary N) is 1. The molecule has 1 amide bonds. The molecule has 0 saturated carbocycles. The van der Waals surface area contributed by atoms with Crippen molar-refractivity contribution >= 4 is 5.91 Å². The Kier molecular flexibility index (Phi) is 5.58. The van der Waals surface area contributed by atoms with Crippen molar-refractivity contribution in [3.63, 3.8) is 0 Å². The van der Waals surface area contributed by atoms with E-state index in [4.69, 9.17) is 14.2 Å². The van der Waals surface area contributed by atoms with Crippen LogP contribution in [0.2, 0.25) is 0 Å². The molecule has 0 spiro atoms. The van der Waals surface area contributed by atoms with Gasteiger partial charge in [-0.2, -0.15) is 0 Å². The van der Waals surface area contributed by atoms with Crippen LogP contribution in [-0.2, 0) is 4.74 Å². The van der Waals surface area contributed by atoms with Gasteiger partial charge in [-0.25, -0.2) is 0 Å². The number of rotatable bonds is 6. The molecule has 2 fully saturated rings. The van der Waals surface area contributed by atoms with Gasteiger partial charge in [0, 0.05) is 24.7 Å². The number of nitrogens with zero attached hydrogens (tertiary/aromatic N) is 1. The largest absolute Gasteiger partial charge is 0.493 e. The number of fused-ring (bicyclic) bond motifs is 1. The molecule has 1 N–H and O–H groups in total. The van der Waals surface area contributed by atoms with Gasteiger partial charge < -0.3 is 19.5 Å². The standard InChI is InChI=1S/C18H26N2O4/c1-3-23-16-7-6-13(9-17(16)22-2)18(21)19-10-15-11-20-8-4-5-14(20)12-24-15/h6-7,9,14-15H,3-5,8,10-12H2,1-2H3,(H,19,21)/t14-,15-/m0/s1. The van der Waals surface area contributed by atoms with Crippen LogP contribution in [0, 0.1) is 0 Å². The SMILES string of the molecule is CCOc1ccc(C(=O)NC[C@H]2CN3CCC[C@H]3CO2)cc1OC. The van der Waals surface area contributed by atoms with Gasteiger partial charge in [0.1, 0.15) is 0 Å². The molecule has 2 saturated heterocycles. The first-order valence-electron chi connectivity index (χ1n) is 8.66. The molecule has 0 unspecified atom stereocenters. The smallest absolute Gasteiger partial charge is 0.251 e. The number of hydrogen-bond acceptors (Lipinski definition) is 5. The lowest BCUT2D eigenvalue weighted by molar-refractivity contribution is -0.0461. The van der Waals surface area contributed by atoms with Gasteiger partial charge in [-0.15, -0.1) is 0 Å². The highest BCUT2D eigenvalue weighted by molar-refractivity contribution is 5.94. The van der Waals surface area contributed by atoms with E-state index >= 15 is 0 Å². The van der Waals surface area contributed by atoms with E-state index < -0.39 is 0 Å². The third-order valence-electron chi connectivity index (χ3n) is 4.68. The highest BCUT2D eigenvalue weighted by Crippen LogP contribution is 2.28. The minimum absolute atomic E-state index is 0.0629. The van der Waals surface area contributed by atoms with Gasteiger partial charge in [0.2, 0.25) is 0 Å². The van der Waals surface area contributed by atoms with E-state index in [0.29, 0.717) is 36.3 Å². The molecule has 6 nitrogen and oxygen atoms in total. The zero-order valence-electron chi connectivity index (χ0n) is 14.4. The zero-order chi connectivity index (χ0) is 16.9. The topological polar surface area (TPSA) is 60.0 Å². The summed E-state index contributed by atoms with van der Waals surface area (Å²) in [6.45, 7) is 5.81. The molecule has 0 radical (unpaired) electrons. The second-order valence-corrected chi connectivity index (χ2v) is 6.26. The molecule has 2 aliphatic rings. The molecule has 6 heteroatoms. The Hall–Kier alpha value is -1.79. The molecule has 0 aromatic heterocycles. The van der Waals surface area contributed by atoms with Crippen molar-refractivity contribution in [1.29, 1.82) is 0 Å². The molecule has 0 aliphatic carbocycles. The molecular weight excluding hydrogens is 308 g/mol. The fourth-order valence-electron chi connectivity index (χ4n) is 3.40. The van der Waals surface area contributed by atoms with Crippen LogP contribution in [0.1, 0.15) is 30.1 Å². The van der Waals surface area contributed by atoms with Crippen molar-refractivity contribution in [3.8, 4) is 11.5 Å². The summed E-state index contributed by atoms with van der Waals surface area (Å²) in [5.74, 6) is 1.09. The Bertz CT molecular complexity index is 578. The summed E-state index contributed by atoms with van der Waals surface area (Å²) in [4.78, 5) is 14.8. The number of benzene rings is 1. The van der Waals surface area contributed by atoms with Gasteiger partial charge in [0.15, 0.2) is 11.5 Å². The van der Waals surface area contributed by atoms with Crippen LogP contribution >= 0.6 is 0 Å². The third-order valence-corrected chi connectivity index (χ3v) is 4.68. The minimum Gasteiger partial charge on any atom is -0.493 e. The molecule has 1 aromatic rings. The maximum atomic E-state index is 12.4. The zero-order valence-corrected chi connectivity index (χ0v) is 14.4. The number of morpholine rings is 1. The monoisotopic (exact) mass is 334 g/mol. The molecule has 2 heterocycles. The summed E-state index contributed by atoms with van der Waals surface area (Å²) < 4.78 is 16.6. The van der Waals surface area contributed by atoms with Crippen molar-refractivity contribution in [2.24, 2.45) is 0 Å². The molecular formula is C18H26N2O4. The Morgan fingerprint density at radius 2 is 2.29 bits per heavy atom. The van der Waals surface area contributed by atoms with Gasteiger partial charge >= 0.3 is 0 Å². The predicted molar refractivity (Wildman–Crippen MR) is 90.8 cm³/mol. The van der Waals surface area contributed by atoms with Crippen molar-refractivity contribution < 1.29 is 19.0 Å². The van der Waals surface area contributed by atoms with Gasteiger partial charge in [-0.05, 0) is 44.5 Å². The molecule has 24 heavy (non-hydrogen) atoms. The average Bonchev–Trinajstić information content (AvgIpc) is 3.08. The summed E-state index contributed by atoms with van der Waals surface area (Å²) in [5, 5.41) is 2.96. The second-order valence-electron chi connectivity index (χ2n) is 6.26. The Labute approximate surface area is 143 Å². The predicted octanol–water partition coefficient (Wildman–Crippen LogP) is 1.69. The van der Waals surface area contributed by atoms with Crippen LogP contribution in [0.3, 0.4) is 0 Å². The van der Waals surface area contributed by atoms with E-state index in [1.165, 1.54) is 12.8 Å². The first kappa shape index (κ1) is 17.0. The van der Waals surface area contributed by atoms with Crippen LogP contribution in [0.5, 0.6) is 11.5 Å². The summed E-state index contributed by atoms with van der Waals surface area (Å²) in [6.07, 6.45) is 2.54. The molecule has 3 rings (SSSR count). The van der Waals surface area contributed by atoms with Crippen molar-refractivity contribution in [2.45, 2.75) is 31.9 Å². The average molecular weight is 334 g/mol. The van der Waals surface area contributed by atoms with Crippen LogP contribution in [-0.4, -0.2) is 62.9 Å². The maximum absolute atomic E-state index is 12.4. The number of amides is 1. The molecule has 2 atom stereocenters. The lowest BCUT2D eigenvalue weighted by Crippen LogP contribution is -2.50. The van der Waals surface area contributed by atoms with Crippen LogP contribution in [0.4, 0.5) is 0 Å². The summed E-state index contributed by atoms with van der Waals surface area (Å²) >= 11 is 0. The molecule has 2 aliphatic heterocycles. The highest BCUT2D eigenvalue weighted by Gasteiger charge is 2.32. The number of carbonyl (C=O) groups is 1. The summed E-state index contributed by atoms with van der Waals surface area (Å²) in [7, 11) is 1.57. The number of methoxy groups -OCH3 is 1. The van der Waals surface area contributed by atoms with Gasteiger partial charge in [0.05, 0.1) is 26.4 Å². The number of hydrogen-bond donors (Lipinski definition) is 1. The lowest BCUT2D eigenvalue weighted by atomic mass is 10.1. The van der Waals surface area contributed by atoms with Gasteiger partial charge in [-0.1, -0.05) is 0 Å². The van der Waals surface area contributed by atoms with Gasteiger partial charge in [0.25, 0.3) is 5.91 Å². The van der Waals surface area contributed by atoms with E-state index in [-0.39, 0.29) is 12.0 Å². The summed E-state index contributed by atoms with van der Waals surface area (Å²) in [5.41, 5.74) is 0.560. The van der Waals surface area contributed by atoms with Crippen molar-refractivity contribution in [1.82, 2.24) is 10.2 Å². The highest BCUT2D eigenvalue weighted by atomic mass is 16.5. The Balaban J connectivity index is 1.55. The first-order chi connectivity index (χ1) is 11.7. The van der Waals surface area contributed by atoms with Crippen LogP contribution in [0.15, 0.2) is 18.2 Å². The van der Waals surface area contributed by atoms with Crippen LogP contribution < -0.4 is 14.8 Å². The van der Waals surface area contributed by atoms with E-state index in [0.717, 1.165) is 19.7 Å². The van der Waals surface area contributed by atoms with E-state index in [1.807, 2.05) is 6.92 Å². The first-order valence-corrected chi connectivity index (χ1v) is 8.66. The third kappa shape index (κ3) is 3.82. The van der Waals surface area contributed by atoms with Crippen molar-refractivity contribution in [3.05, 3.63) is 23.8 Å². The maximum Gasteiger partial charge on any atom is 0.251 e. The molecule has 0 bridgehead atoms. The normalized spacial score (nSPS) is 23.6. The Morgan fingerprint density at radius 3 is 3.08 bits per heavy atom. The van der Waals surface area contributed by atoms with Crippen LogP contribution in [0.25, 0.3) is 0 Å². The Morgan fingerprint density at radius 1 is 1.42 bits per heavy atom. The van der Waals surface area contributed by atoms with E-state index in [9.17, 15) is 4.79 Å². The number of carbonyl (C=O) groups excluding carboxylic acids is 1. The number of ether oxygens (including phenoxy) is 3.